The monoisotopic (exact) mass is 397 g/mol. The first kappa shape index (κ1) is 25.7. The van der Waals surface area contributed by atoms with E-state index in [0.29, 0.717) is 0 Å². The molecule has 143 valence electrons. The van der Waals surface area contributed by atoms with Crippen molar-refractivity contribution in [3.63, 3.8) is 0 Å². The number of hydrogen-bond acceptors (Lipinski definition) is 11. The molecule has 1 fully saturated rings. The molecule has 0 aromatic carbocycles. The Morgan fingerprint density at radius 3 is 2.04 bits per heavy atom. The number of carbonyl (C=O) groups is 1. The average Bonchev–Trinajstić information content (AvgIpc) is 2.57. The molecule has 0 bridgehead atoms. The van der Waals surface area contributed by atoms with E-state index in [1.54, 1.807) is 0 Å². The second-order valence-electron chi connectivity index (χ2n) is 5.32. The molecule has 0 aliphatic carbocycles. The number of ether oxygens (including phenoxy) is 2. The van der Waals surface area contributed by atoms with Crippen LogP contribution in [0.1, 0.15) is 0 Å². The third kappa shape index (κ3) is 6.37. The van der Waals surface area contributed by atoms with Crippen LogP contribution in [0.3, 0.4) is 0 Å². The molecule has 13 heteroatoms. The number of carboxylic acid groups (broad SMARTS) is 1. The minimum atomic E-state index is -2.39. The van der Waals surface area contributed by atoms with E-state index in [9.17, 15) is 35.4 Å². The van der Waals surface area contributed by atoms with Gasteiger partial charge in [-0.25, -0.2) is 4.79 Å². The molecule has 0 amide bonds. The van der Waals surface area contributed by atoms with Gasteiger partial charge < -0.3 is 55.4 Å². The van der Waals surface area contributed by atoms with E-state index in [1.807, 2.05) is 0 Å². The van der Waals surface area contributed by atoms with Crippen molar-refractivity contribution in [2.75, 3.05) is 13.2 Å². The fourth-order valence-electron chi connectivity index (χ4n) is 2.16. The van der Waals surface area contributed by atoms with Crippen molar-refractivity contribution >= 4 is 57.4 Å². The van der Waals surface area contributed by atoms with Crippen LogP contribution in [0.4, 0.5) is 0 Å². The summed E-state index contributed by atoms with van der Waals surface area (Å²) in [6.45, 7) is -1.76. The first-order valence-corrected chi connectivity index (χ1v) is 6.99. The molecular formula is C12H22KO12. The van der Waals surface area contributed by atoms with E-state index < -0.39 is 74.3 Å². The van der Waals surface area contributed by atoms with Crippen LogP contribution < -0.4 is 0 Å². The van der Waals surface area contributed by atoms with Crippen LogP contribution in [0.15, 0.2) is 0 Å². The van der Waals surface area contributed by atoms with Crippen LogP contribution in [-0.4, -0.2) is 172 Å². The van der Waals surface area contributed by atoms with Crippen LogP contribution in [0.25, 0.3) is 0 Å². The Morgan fingerprint density at radius 2 is 1.60 bits per heavy atom. The molecule has 1 aliphatic heterocycles. The molecule has 1 heterocycles. The summed E-state index contributed by atoms with van der Waals surface area (Å²) in [5, 5.41) is 84.5. The second kappa shape index (κ2) is 11.5. The predicted molar refractivity (Wildman–Crippen MR) is 77.1 cm³/mol. The van der Waals surface area contributed by atoms with E-state index in [4.69, 9.17) is 24.8 Å². The standard InChI is InChI=1S/C12H22O12.K/c13-1-3(15)10(7(18)8(19)11(21)22)24-12-9(20)6(17)5(16)4(2-14)23-12;/h3-10,12-20H,1-2H2,(H,21,22);/t3-,4-,5+,6+,7-,8-,9-,10-,12+;/m1./s1. The summed E-state index contributed by atoms with van der Waals surface area (Å²) in [6.07, 6.45) is -16.9. The zero-order valence-corrected chi connectivity index (χ0v) is 16.5. The Morgan fingerprint density at radius 1 is 1.04 bits per heavy atom. The van der Waals surface area contributed by atoms with Gasteiger partial charge in [0.25, 0.3) is 0 Å². The van der Waals surface area contributed by atoms with Gasteiger partial charge >= 0.3 is 5.97 Å². The number of rotatable bonds is 8. The minimum absolute atomic E-state index is 0. The summed E-state index contributed by atoms with van der Waals surface area (Å²) in [6, 6.07) is 0. The van der Waals surface area contributed by atoms with Crippen LogP contribution in [0.5, 0.6) is 0 Å². The molecule has 9 N–H and O–H groups in total. The van der Waals surface area contributed by atoms with Crippen LogP contribution in [-0.2, 0) is 14.3 Å². The van der Waals surface area contributed by atoms with Crippen molar-refractivity contribution in [1.29, 1.82) is 0 Å². The molecule has 12 nitrogen and oxygen atoms in total. The van der Waals surface area contributed by atoms with Crippen molar-refractivity contribution in [2.24, 2.45) is 0 Å². The van der Waals surface area contributed by atoms with Gasteiger partial charge in [-0.05, 0) is 0 Å². The van der Waals surface area contributed by atoms with Gasteiger partial charge in [0, 0.05) is 51.4 Å². The van der Waals surface area contributed by atoms with Crippen LogP contribution in [0.2, 0.25) is 0 Å². The average molecular weight is 397 g/mol. The maximum atomic E-state index is 10.7. The van der Waals surface area contributed by atoms with Gasteiger partial charge in [0.15, 0.2) is 12.4 Å². The van der Waals surface area contributed by atoms with Gasteiger partial charge in [-0.15, -0.1) is 0 Å². The molecule has 1 radical (unpaired) electrons. The van der Waals surface area contributed by atoms with Gasteiger partial charge in [-0.3, -0.25) is 0 Å². The van der Waals surface area contributed by atoms with Gasteiger partial charge in [-0.1, -0.05) is 0 Å². The largest absolute Gasteiger partial charge is 0.479 e. The molecule has 0 spiro atoms. The molecule has 0 saturated carbocycles. The Bertz CT molecular complexity index is 410. The van der Waals surface area contributed by atoms with Crippen molar-refractivity contribution in [2.45, 2.75) is 55.1 Å². The quantitative estimate of drug-likeness (QED) is 0.175. The number of aliphatic hydroxyl groups is 8. The Kier molecular flexibility index (Phi) is 11.9. The second-order valence-corrected chi connectivity index (χ2v) is 5.32. The maximum absolute atomic E-state index is 10.7. The first-order chi connectivity index (χ1) is 11.1. The third-order valence-electron chi connectivity index (χ3n) is 3.62. The number of hydrogen-bond donors (Lipinski definition) is 9. The fraction of sp³-hybridized carbons (Fsp3) is 0.917. The summed E-state index contributed by atoms with van der Waals surface area (Å²) >= 11 is 0. The van der Waals surface area contributed by atoms with Crippen molar-refractivity contribution in [3.05, 3.63) is 0 Å². The SMILES string of the molecule is O=C(O)[C@H](O)[C@@H](O)[C@H](O[C@@H]1O[C@H](CO)[C@H](O)[C@H](O)[C@H]1O)[C@H](O)CO.[K]. The normalized spacial score (nSPS) is 34.5. The molecule has 0 aromatic rings. The molecule has 1 saturated heterocycles. The van der Waals surface area contributed by atoms with Crippen LogP contribution >= 0.6 is 0 Å². The van der Waals surface area contributed by atoms with E-state index in [2.05, 4.69) is 0 Å². The minimum Gasteiger partial charge on any atom is -0.479 e. The molecular weight excluding hydrogens is 375 g/mol. The summed E-state index contributed by atoms with van der Waals surface area (Å²) in [5.74, 6) is -1.84. The third-order valence-corrected chi connectivity index (χ3v) is 3.62. The number of aliphatic carboxylic acids is 1. The van der Waals surface area contributed by atoms with Crippen molar-refractivity contribution in [3.8, 4) is 0 Å². The first-order valence-electron chi connectivity index (χ1n) is 6.99. The van der Waals surface area contributed by atoms with Crippen molar-refractivity contribution < 1.29 is 60.2 Å². The van der Waals surface area contributed by atoms with Crippen molar-refractivity contribution in [1.82, 2.24) is 0 Å². The van der Waals surface area contributed by atoms with Crippen LogP contribution in [0, 0.1) is 0 Å². The van der Waals surface area contributed by atoms with E-state index in [-0.39, 0.29) is 51.4 Å². The van der Waals surface area contributed by atoms with Gasteiger partial charge in [0.1, 0.15) is 42.7 Å². The zero-order valence-electron chi connectivity index (χ0n) is 13.4. The van der Waals surface area contributed by atoms with E-state index >= 15 is 0 Å². The predicted octanol–water partition coefficient (Wildman–Crippen LogP) is -6.05. The summed E-state index contributed by atoms with van der Waals surface area (Å²) in [5.41, 5.74) is 0. The molecule has 9 atom stereocenters. The Labute approximate surface area is 184 Å². The molecule has 1 aliphatic rings. The summed E-state index contributed by atoms with van der Waals surface area (Å²) in [4.78, 5) is 10.7. The summed E-state index contributed by atoms with van der Waals surface area (Å²) < 4.78 is 9.98. The smallest absolute Gasteiger partial charge is 0.335 e. The maximum Gasteiger partial charge on any atom is 0.335 e. The summed E-state index contributed by atoms with van der Waals surface area (Å²) in [7, 11) is 0. The Balaban J connectivity index is 0.00000576. The zero-order chi connectivity index (χ0) is 18.6. The molecule has 0 unspecified atom stereocenters. The fourth-order valence-corrected chi connectivity index (χ4v) is 2.16. The van der Waals surface area contributed by atoms with E-state index in [0.717, 1.165) is 0 Å². The molecule has 25 heavy (non-hydrogen) atoms. The molecule has 0 aromatic heterocycles. The topological polar surface area (TPSA) is 218 Å². The van der Waals surface area contributed by atoms with Gasteiger partial charge in [0.2, 0.25) is 0 Å². The molecule has 1 rings (SSSR count). The Hall–Kier alpha value is 0.706. The van der Waals surface area contributed by atoms with Gasteiger partial charge in [0.05, 0.1) is 13.2 Å². The van der Waals surface area contributed by atoms with Gasteiger partial charge in [-0.2, -0.15) is 0 Å². The number of carboxylic acids is 1. The number of aliphatic hydroxyl groups excluding tert-OH is 8. The van der Waals surface area contributed by atoms with E-state index in [1.165, 1.54) is 0 Å².